The summed E-state index contributed by atoms with van der Waals surface area (Å²) >= 11 is 0. The predicted octanol–water partition coefficient (Wildman–Crippen LogP) is 9.36. The fourth-order valence-electron chi connectivity index (χ4n) is 5.74. The Balaban J connectivity index is 1.24. The molecule has 0 saturated carbocycles. The summed E-state index contributed by atoms with van der Waals surface area (Å²) in [6.45, 7) is 2.11. The second-order valence-electron chi connectivity index (χ2n) is 10.9. The summed E-state index contributed by atoms with van der Waals surface area (Å²) < 4.78 is 0. The molecule has 4 heteroatoms. The van der Waals surface area contributed by atoms with Gasteiger partial charge in [0.05, 0.1) is 0 Å². The van der Waals surface area contributed by atoms with Crippen LogP contribution in [0.5, 0.6) is 11.5 Å². The van der Waals surface area contributed by atoms with Gasteiger partial charge in [-0.3, -0.25) is 0 Å². The van der Waals surface area contributed by atoms with Gasteiger partial charge in [-0.1, -0.05) is 60.7 Å². The van der Waals surface area contributed by atoms with Crippen molar-refractivity contribution in [2.45, 2.75) is 13.3 Å². The van der Waals surface area contributed by atoms with Crippen LogP contribution in [0.4, 0.5) is 0 Å². The van der Waals surface area contributed by atoms with Crippen LogP contribution in [0.25, 0.3) is 57.8 Å². The fourth-order valence-corrected chi connectivity index (χ4v) is 5.74. The van der Waals surface area contributed by atoms with Crippen molar-refractivity contribution >= 4 is 57.8 Å². The molecular weight excluding hydrogens is 516 g/mol. The largest absolute Gasteiger partial charge is 0.508 e. The Morgan fingerprint density at radius 1 is 0.595 bits per heavy atom. The molecular formula is C38H30N2O2. The summed E-state index contributed by atoms with van der Waals surface area (Å²) in [4.78, 5) is 6.64. The van der Waals surface area contributed by atoms with Gasteiger partial charge < -0.3 is 20.2 Å². The molecule has 0 saturated heterocycles. The summed E-state index contributed by atoms with van der Waals surface area (Å²) in [7, 11) is 0. The maximum absolute atomic E-state index is 9.86. The van der Waals surface area contributed by atoms with E-state index >= 15 is 0 Å². The van der Waals surface area contributed by atoms with E-state index in [9.17, 15) is 10.2 Å². The number of fused-ring (bicyclic) bond motifs is 3. The third-order valence-corrected chi connectivity index (χ3v) is 7.87. The molecule has 204 valence electrons. The lowest BCUT2D eigenvalue weighted by Gasteiger charge is -2.04. The minimum absolute atomic E-state index is 0.248. The molecule has 4 N–H and O–H groups in total. The SMILES string of the molecule is Cc1ccc2c(C=Cc3cc(C=CC4=CCc5cc(O)ccc54)cc(C=Cc4c[nH]c5cc(O)ccc45)c3)c[nH]c2c1. The van der Waals surface area contributed by atoms with Gasteiger partial charge in [-0.05, 0) is 112 Å². The van der Waals surface area contributed by atoms with Crippen LogP contribution in [0.2, 0.25) is 0 Å². The monoisotopic (exact) mass is 546 g/mol. The number of aryl methyl sites for hydroxylation is 1. The number of nitrogens with one attached hydrogen (secondary N) is 2. The van der Waals surface area contributed by atoms with E-state index < -0.39 is 0 Å². The van der Waals surface area contributed by atoms with E-state index in [0.717, 1.165) is 56.2 Å². The Morgan fingerprint density at radius 2 is 1.17 bits per heavy atom. The molecule has 0 fully saturated rings. The Bertz CT molecular complexity index is 1990. The summed E-state index contributed by atoms with van der Waals surface area (Å²) in [5.41, 5.74) is 12.3. The maximum atomic E-state index is 9.86. The smallest absolute Gasteiger partial charge is 0.117 e. The summed E-state index contributed by atoms with van der Waals surface area (Å²) in [6.07, 6.45) is 19.9. The van der Waals surface area contributed by atoms with Gasteiger partial charge in [0.25, 0.3) is 0 Å². The van der Waals surface area contributed by atoms with Crippen LogP contribution in [0.3, 0.4) is 0 Å². The van der Waals surface area contributed by atoms with Crippen LogP contribution >= 0.6 is 0 Å². The van der Waals surface area contributed by atoms with E-state index in [1.807, 2.05) is 24.4 Å². The van der Waals surface area contributed by atoms with Crippen molar-refractivity contribution in [2.75, 3.05) is 0 Å². The number of benzene rings is 4. The summed E-state index contributed by atoms with van der Waals surface area (Å²) in [5, 5.41) is 22.0. The third-order valence-electron chi connectivity index (χ3n) is 7.87. The molecule has 4 nitrogen and oxygen atoms in total. The van der Waals surface area contributed by atoms with Crippen LogP contribution in [-0.2, 0) is 6.42 Å². The van der Waals surface area contributed by atoms with Crippen molar-refractivity contribution in [3.8, 4) is 11.5 Å². The Kier molecular flexibility index (Phi) is 6.37. The average Bonchev–Trinajstić information content (AvgIpc) is 3.69. The number of aromatic nitrogens is 2. The van der Waals surface area contributed by atoms with Crippen LogP contribution in [0, 0.1) is 6.92 Å². The highest BCUT2D eigenvalue weighted by Gasteiger charge is 2.12. The molecule has 2 aromatic heterocycles. The number of aromatic amines is 2. The van der Waals surface area contributed by atoms with Gasteiger partial charge in [-0.15, -0.1) is 0 Å². The summed E-state index contributed by atoms with van der Waals surface area (Å²) in [5.74, 6) is 0.554. The molecule has 7 rings (SSSR count). The zero-order chi connectivity index (χ0) is 28.6. The zero-order valence-electron chi connectivity index (χ0n) is 23.2. The lowest BCUT2D eigenvalue weighted by atomic mass is 10.0. The number of rotatable bonds is 6. The van der Waals surface area contributed by atoms with Crippen molar-refractivity contribution in [3.63, 3.8) is 0 Å². The number of allylic oxidation sites excluding steroid dienone is 3. The highest BCUT2D eigenvalue weighted by molar-refractivity contribution is 5.94. The van der Waals surface area contributed by atoms with E-state index in [4.69, 9.17) is 0 Å². The molecule has 1 aliphatic carbocycles. The average molecular weight is 547 g/mol. The van der Waals surface area contributed by atoms with Gasteiger partial charge in [0.1, 0.15) is 11.5 Å². The first-order chi connectivity index (χ1) is 20.5. The number of aromatic hydroxyl groups is 2. The Morgan fingerprint density at radius 3 is 1.86 bits per heavy atom. The molecule has 2 heterocycles. The molecule has 0 aliphatic heterocycles. The molecule has 0 bridgehead atoms. The highest BCUT2D eigenvalue weighted by atomic mass is 16.3. The van der Waals surface area contributed by atoms with Gasteiger partial charge in [0, 0.05) is 40.3 Å². The van der Waals surface area contributed by atoms with Crippen molar-refractivity contribution in [3.05, 3.63) is 142 Å². The van der Waals surface area contributed by atoms with Gasteiger partial charge in [-0.25, -0.2) is 0 Å². The molecule has 0 unspecified atom stereocenters. The molecule has 42 heavy (non-hydrogen) atoms. The molecule has 0 spiro atoms. The standard InChI is InChI=1S/C38H30N2O2/c1-24-2-13-35-30(22-39-37(35)16-24)7-4-26-17-25(3-6-28-9-10-29-20-32(41)11-14-34(28)29)18-27(19-26)5-8-31-23-40-38-21-33(42)12-15-36(31)38/h2-9,11-23,39-42H,10H2,1H3. The number of hydrogen-bond donors (Lipinski definition) is 4. The van der Waals surface area contributed by atoms with Crippen molar-refractivity contribution in [1.82, 2.24) is 9.97 Å². The van der Waals surface area contributed by atoms with Gasteiger partial charge >= 0.3 is 0 Å². The second kappa shape index (κ2) is 10.5. The first-order valence-electron chi connectivity index (χ1n) is 14.1. The maximum Gasteiger partial charge on any atom is 0.117 e. The normalized spacial score (nSPS) is 13.3. The van der Waals surface area contributed by atoms with E-state index in [-0.39, 0.29) is 5.75 Å². The van der Waals surface area contributed by atoms with E-state index in [1.165, 1.54) is 22.1 Å². The van der Waals surface area contributed by atoms with Crippen LogP contribution in [0.1, 0.15) is 44.5 Å². The van der Waals surface area contributed by atoms with Crippen molar-refractivity contribution < 1.29 is 10.2 Å². The molecule has 1 aliphatic rings. The lowest BCUT2D eigenvalue weighted by Crippen LogP contribution is -1.84. The van der Waals surface area contributed by atoms with E-state index in [2.05, 4.69) is 102 Å². The predicted molar refractivity (Wildman–Crippen MR) is 176 cm³/mol. The molecule has 0 atom stereocenters. The Labute approximate surface area is 244 Å². The van der Waals surface area contributed by atoms with Gasteiger partial charge in [0.15, 0.2) is 0 Å². The minimum Gasteiger partial charge on any atom is -0.508 e. The van der Waals surface area contributed by atoms with Crippen molar-refractivity contribution in [2.24, 2.45) is 0 Å². The first kappa shape index (κ1) is 25.5. The number of H-pyrrole nitrogens is 2. The molecule has 6 aromatic rings. The number of hydrogen-bond acceptors (Lipinski definition) is 2. The highest BCUT2D eigenvalue weighted by Crippen LogP contribution is 2.32. The summed E-state index contributed by atoms with van der Waals surface area (Å²) in [6, 6.07) is 24.0. The van der Waals surface area contributed by atoms with Crippen LogP contribution < -0.4 is 0 Å². The van der Waals surface area contributed by atoms with E-state index in [1.54, 1.807) is 18.2 Å². The lowest BCUT2D eigenvalue weighted by molar-refractivity contribution is 0.474. The van der Waals surface area contributed by atoms with E-state index in [0.29, 0.717) is 5.75 Å². The third kappa shape index (κ3) is 5.06. The van der Waals surface area contributed by atoms with Crippen LogP contribution in [-0.4, -0.2) is 20.2 Å². The number of phenolic OH excluding ortho intramolecular Hbond substituents is 2. The molecule has 4 aromatic carbocycles. The van der Waals surface area contributed by atoms with Crippen LogP contribution in [0.15, 0.2) is 97.3 Å². The molecule has 0 amide bonds. The first-order valence-corrected chi connectivity index (χ1v) is 14.1. The zero-order valence-corrected chi connectivity index (χ0v) is 23.2. The topological polar surface area (TPSA) is 72.0 Å². The van der Waals surface area contributed by atoms with Gasteiger partial charge in [-0.2, -0.15) is 0 Å². The van der Waals surface area contributed by atoms with Gasteiger partial charge in [0.2, 0.25) is 0 Å². The second-order valence-corrected chi connectivity index (χ2v) is 10.9. The quantitative estimate of drug-likeness (QED) is 0.168. The fraction of sp³-hybridized carbons (Fsp3) is 0.0526. The number of phenols is 2. The minimum atomic E-state index is 0.248. The molecule has 0 radical (unpaired) electrons. The van der Waals surface area contributed by atoms with Crippen molar-refractivity contribution in [1.29, 1.82) is 0 Å². The Hall–Kier alpha value is -5.48.